The smallest absolute Gasteiger partial charge is 0.264 e. The van der Waals surface area contributed by atoms with Crippen molar-refractivity contribution in [2.24, 2.45) is 15.2 Å². The number of primary sulfonamides is 1. The van der Waals surface area contributed by atoms with Gasteiger partial charge in [-0.1, -0.05) is 34.1 Å². The summed E-state index contributed by atoms with van der Waals surface area (Å²) in [6, 6.07) is 15.2. The number of sulfonamides is 1. The molecular weight excluding hydrogens is 440 g/mol. The number of hydrogen-bond acceptors (Lipinski definition) is 7. The molecule has 0 saturated heterocycles. The first-order valence-corrected chi connectivity index (χ1v) is 10.7. The molecule has 26 heavy (non-hydrogen) atoms. The summed E-state index contributed by atoms with van der Waals surface area (Å²) >= 11 is 4.39. The Balaban J connectivity index is 1.45. The van der Waals surface area contributed by atoms with Crippen LogP contribution in [0.15, 0.2) is 63.1 Å². The zero-order valence-corrected chi connectivity index (χ0v) is 16.5. The third kappa shape index (κ3) is 3.63. The van der Waals surface area contributed by atoms with Gasteiger partial charge in [-0.3, -0.25) is 4.99 Å². The van der Waals surface area contributed by atoms with Crippen LogP contribution in [0, 0.1) is 0 Å². The van der Waals surface area contributed by atoms with Crippen molar-refractivity contribution in [3.63, 3.8) is 0 Å². The molecule has 7 nitrogen and oxygen atoms in total. The minimum Gasteiger partial charge on any atom is -0.457 e. The number of nitrogens with two attached hydrogens (primary N) is 1. The molecule has 1 unspecified atom stereocenters. The lowest BCUT2D eigenvalue weighted by Crippen LogP contribution is -2.20. The molecule has 2 heterocycles. The predicted molar refractivity (Wildman–Crippen MR) is 106 cm³/mol. The van der Waals surface area contributed by atoms with Gasteiger partial charge in [0.1, 0.15) is 11.5 Å². The van der Waals surface area contributed by atoms with Gasteiger partial charge in [0, 0.05) is 4.47 Å². The Hall–Kier alpha value is -1.88. The average molecular weight is 453 g/mol. The third-order valence-electron chi connectivity index (χ3n) is 3.75. The zero-order valence-electron chi connectivity index (χ0n) is 13.2. The quantitative estimate of drug-likeness (QED) is 0.770. The number of rotatable bonds is 3. The van der Waals surface area contributed by atoms with Gasteiger partial charge in [0.2, 0.25) is 4.38 Å². The Morgan fingerprint density at radius 3 is 2.62 bits per heavy atom. The monoisotopic (exact) mass is 452 g/mol. The van der Waals surface area contributed by atoms with E-state index in [1.807, 2.05) is 48.5 Å². The lowest BCUT2D eigenvalue weighted by molar-refractivity contribution is 0.461. The Kier molecular flexibility index (Phi) is 4.51. The molecule has 2 aromatic carbocycles. The Morgan fingerprint density at radius 1 is 1.19 bits per heavy atom. The van der Waals surface area contributed by atoms with Crippen LogP contribution >= 0.6 is 27.7 Å². The van der Waals surface area contributed by atoms with Crippen molar-refractivity contribution < 1.29 is 13.2 Å². The lowest BCUT2D eigenvalue weighted by atomic mass is 10.1. The molecular formula is C16H13BrN4O3S2. The van der Waals surface area contributed by atoms with Crippen LogP contribution in [0.3, 0.4) is 0 Å². The second-order valence-corrected chi connectivity index (χ2v) is 9.26. The van der Waals surface area contributed by atoms with E-state index in [1.54, 1.807) is 5.01 Å². The van der Waals surface area contributed by atoms with Gasteiger partial charge < -0.3 is 4.74 Å². The molecule has 10 heteroatoms. The number of amidine groups is 1. The summed E-state index contributed by atoms with van der Waals surface area (Å²) in [5, 5.41) is 11.2. The van der Waals surface area contributed by atoms with Gasteiger partial charge in [0.05, 0.1) is 12.6 Å². The van der Waals surface area contributed by atoms with E-state index in [-0.39, 0.29) is 10.4 Å². The number of benzene rings is 2. The number of hydrazone groups is 1. The molecule has 0 amide bonds. The summed E-state index contributed by atoms with van der Waals surface area (Å²) in [5.41, 5.74) is 1.00. The molecule has 0 saturated carbocycles. The third-order valence-corrected chi connectivity index (χ3v) is 6.52. The maximum absolute atomic E-state index is 11.4. The molecule has 0 aromatic heterocycles. The van der Waals surface area contributed by atoms with Crippen LogP contribution in [0.25, 0.3) is 0 Å². The van der Waals surface area contributed by atoms with Crippen molar-refractivity contribution in [3.05, 3.63) is 58.6 Å². The highest BCUT2D eigenvalue weighted by Gasteiger charge is 2.36. The summed E-state index contributed by atoms with van der Waals surface area (Å²) in [4.78, 5) is 4.53. The molecule has 2 aliphatic rings. The molecule has 134 valence electrons. The molecule has 0 fully saturated rings. The van der Waals surface area contributed by atoms with Gasteiger partial charge in [0.25, 0.3) is 10.0 Å². The fourth-order valence-electron chi connectivity index (χ4n) is 2.56. The zero-order chi connectivity index (χ0) is 18.3. The highest BCUT2D eigenvalue weighted by molar-refractivity contribution is 9.10. The Morgan fingerprint density at radius 2 is 1.96 bits per heavy atom. The maximum atomic E-state index is 11.4. The van der Waals surface area contributed by atoms with Crippen LogP contribution in [0.2, 0.25) is 0 Å². The van der Waals surface area contributed by atoms with E-state index >= 15 is 0 Å². The number of aliphatic imine (C=N–C) groups is 1. The Bertz CT molecular complexity index is 1020. The summed E-state index contributed by atoms with van der Waals surface area (Å²) in [6.07, 6.45) is 0. The summed E-state index contributed by atoms with van der Waals surface area (Å²) < 4.78 is 29.4. The van der Waals surface area contributed by atoms with Gasteiger partial charge in [-0.15, -0.1) is 5.10 Å². The van der Waals surface area contributed by atoms with Crippen molar-refractivity contribution in [1.29, 1.82) is 0 Å². The van der Waals surface area contributed by atoms with E-state index < -0.39 is 10.0 Å². The van der Waals surface area contributed by atoms with E-state index in [9.17, 15) is 8.42 Å². The second kappa shape index (κ2) is 6.69. The molecule has 2 aromatic rings. The van der Waals surface area contributed by atoms with Crippen LogP contribution < -0.4 is 9.88 Å². The van der Waals surface area contributed by atoms with Crippen molar-refractivity contribution >= 4 is 47.3 Å². The van der Waals surface area contributed by atoms with Crippen molar-refractivity contribution in [3.8, 4) is 11.5 Å². The van der Waals surface area contributed by atoms with Crippen LogP contribution in [-0.4, -0.2) is 29.5 Å². The van der Waals surface area contributed by atoms with Gasteiger partial charge in [0.15, 0.2) is 5.17 Å². The van der Waals surface area contributed by atoms with Gasteiger partial charge in [-0.2, -0.15) is 0 Å². The lowest BCUT2D eigenvalue weighted by Gasteiger charge is -2.11. The first kappa shape index (κ1) is 17.5. The minimum absolute atomic E-state index is 0.108. The first-order valence-electron chi connectivity index (χ1n) is 7.56. The average Bonchev–Trinajstić information content (AvgIpc) is 3.14. The SMILES string of the molecule is NS(=O)(=O)C1=NN2CC(c3ccc(Oc4cccc(Br)c4)cc3)N=C2S1. The molecule has 0 radical (unpaired) electrons. The number of hydrogen-bond donors (Lipinski definition) is 1. The standard InChI is InChI=1S/C16H13BrN4O3S2/c17-11-2-1-3-13(8-11)24-12-6-4-10(5-7-12)14-9-21-15(19-14)25-16(20-21)26(18,22)23/h1-8,14H,9H2,(H2,18,22,23). The van der Waals surface area contributed by atoms with Crippen molar-refractivity contribution in [1.82, 2.24) is 5.01 Å². The first-order chi connectivity index (χ1) is 12.4. The molecule has 0 aliphatic carbocycles. The van der Waals surface area contributed by atoms with Gasteiger partial charge >= 0.3 is 0 Å². The van der Waals surface area contributed by atoms with Gasteiger partial charge in [-0.05, 0) is 47.7 Å². The summed E-state index contributed by atoms with van der Waals surface area (Å²) in [6.45, 7) is 0.479. The van der Waals surface area contributed by atoms with Crippen LogP contribution in [0.4, 0.5) is 0 Å². The molecule has 0 bridgehead atoms. The molecule has 4 rings (SSSR count). The Labute approximate surface area is 163 Å². The van der Waals surface area contributed by atoms with Crippen molar-refractivity contribution in [2.45, 2.75) is 6.04 Å². The van der Waals surface area contributed by atoms with Crippen LogP contribution in [0.1, 0.15) is 11.6 Å². The summed E-state index contributed by atoms with van der Waals surface area (Å²) in [5.74, 6) is 1.47. The highest BCUT2D eigenvalue weighted by Crippen LogP contribution is 2.35. The number of thioether (sulfide) groups is 1. The normalized spacial score (nSPS) is 19.2. The highest BCUT2D eigenvalue weighted by atomic mass is 79.9. The van der Waals surface area contributed by atoms with E-state index in [0.717, 1.165) is 33.3 Å². The number of halogens is 1. The van der Waals surface area contributed by atoms with E-state index in [1.165, 1.54) is 0 Å². The van der Waals surface area contributed by atoms with Crippen LogP contribution in [0.5, 0.6) is 11.5 Å². The maximum Gasteiger partial charge on any atom is 0.264 e. The molecule has 2 N–H and O–H groups in total. The number of ether oxygens (including phenoxy) is 1. The fourth-order valence-corrected chi connectivity index (χ4v) is 4.54. The van der Waals surface area contributed by atoms with Gasteiger partial charge in [-0.25, -0.2) is 18.6 Å². The topological polar surface area (TPSA) is 97.4 Å². The number of nitrogens with zero attached hydrogens (tertiary/aromatic N) is 3. The van der Waals surface area contributed by atoms with Crippen molar-refractivity contribution in [2.75, 3.05) is 6.54 Å². The van der Waals surface area contributed by atoms with Crippen LogP contribution in [-0.2, 0) is 10.0 Å². The van der Waals surface area contributed by atoms with E-state index in [2.05, 4.69) is 26.0 Å². The minimum atomic E-state index is -3.79. The number of fused-ring (bicyclic) bond motifs is 1. The molecule has 2 aliphatic heterocycles. The molecule has 1 atom stereocenters. The predicted octanol–water partition coefficient (Wildman–Crippen LogP) is 3.26. The van der Waals surface area contributed by atoms with E-state index in [0.29, 0.717) is 11.7 Å². The molecule has 0 spiro atoms. The second-order valence-electron chi connectivity index (χ2n) is 5.65. The fraction of sp³-hybridized carbons (Fsp3) is 0.125. The van der Waals surface area contributed by atoms with E-state index in [4.69, 9.17) is 9.88 Å². The summed E-state index contributed by atoms with van der Waals surface area (Å²) in [7, 11) is -3.79. The largest absolute Gasteiger partial charge is 0.457 e.